The number of nitrogens with one attached hydrogen (secondary N) is 2. The monoisotopic (exact) mass is 322 g/mol. The summed E-state index contributed by atoms with van der Waals surface area (Å²) in [6, 6.07) is 0.699. The van der Waals surface area contributed by atoms with Crippen LogP contribution in [0.1, 0.15) is 13.3 Å². The molecule has 2 atom stereocenters. The zero-order valence-corrected chi connectivity index (χ0v) is 12.3. The Labute approximate surface area is 121 Å². The fourth-order valence-electron chi connectivity index (χ4n) is 2.40. The van der Waals surface area contributed by atoms with E-state index in [9.17, 15) is 21.6 Å². The van der Waals surface area contributed by atoms with Crippen LogP contribution in [0.4, 0.5) is 13.2 Å². The number of sulfonamides is 1. The SMILES string of the molecule is CC1CCNCC1CNS(=O)(=O)c1c(F)cc(F)cc1F. The fraction of sp³-hybridized carbons (Fsp3) is 0.538. The first-order chi connectivity index (χ1) is 9.81. The second kappa shape index (κ2) is 6.33. The van der Waals surface area contributed by atoms with Crippen LogP contribution in [0.5, 0.6) is 0 Å². The van der Waals surface area contributed by atoms with Crippen LogP contribution in [0.2, 0.25) is 0 Å². The minimum atomic E-state index is -4.36. The molecule has 0 aromatic heterocycles. The lowest BCUT2D eigenvalue weighted by molar-refractivity contribution is 0.275. The van der Waals surface area contributed by atoms with Crippen molar-refractivity contribution in [3.8, 4) is 0 Å². The van der Waals surface area contributed by atoms with Gasteiger partial charge in [-0.05, 0) is 31.3 Å². The molecule has 0 saturated carbocycles. The average Bonchev–Trinajstić information content (AvgIpc) is 2.36. The van der Waals surface area contributed by atoms with E-state index in [1.165, 1.54) is 0 Å². The fourth-order valence-corrected chi connectivity index (χ4v) is 3.61. The van der Waals surface area contributed by atoms with Crippen LogP contribution in [0, 0.1) is 29.3 Å². The first-order valence-electron chi connectivity index (χ1n) is 6.66. The molecule has 118 valence electrons. The summed E-state index contributed by atoms with van der Waals surface area (Å²) >= 11 is 0. The molecule has 1 aliphatic heterocycles. The number of hydrogen-bond acceptors (Lipinski definition) is 3. The molecule has 0 bridgehead atoms. The van der Waals surface area contributed by atoms with Crippen molar-refractivity contribution >= 4 is 10.0 Å². The molecule has 0 aliphatic carbocycles. The van der Waals surface area contributed by atoms with E-state index in [2.05, 4.69) is 10.0 Å². The summed E-state index contributed by atoms with van der Waals surface area (Å²) in [5, 5.41) is 3.14. The van der Waals surface area contributed by atoms with E-state index in [1.54, 1.807) is 0 Å². The quantitative estimate of drug-likeness (QED) is 0.886. The largest absolute Gasteiger partial charge is 0.316 e. The van der Waals surface area contributed by atoms with Gasteiger partial charge in [0.15, 0.2) is 4.90 Å². The van der Waals surface area contributed by atoms with Gasteiger partial charge in [0.25, 0.3) is 0 Å². The van der Waals surface area contributed by atoms with E-state index < -0.39 is 32.4 Å². The molecule has 2 rings (SSSR count). The zero-order chi connectivity index (χ0) is 15.6. The average molecular weight is 322 g/mol. The van der Waals surface area contributed by atoms with Gasteiger partial charge in [0.1, 0.15) is 17.5 Å². The molecule has 8 heteroatoms. The van der Waals surface area contributed by atoms with Crippen LogP contribution in [0.25, 0.3) is 0 Å². The highest BCUT2D eigenvalue weighted by Gasteiger charge is 2.28. The Morgan fingerprint density at radius 2 is 1.90 bits per heavy atom. The lowest BCUT2D eigenvalue weighted by Crippen LogP contribution is -2.42. The van der Waals surface area contributed by atoms with Gasteiger partial charge in [-0.25, -0.2) is 26.3 Å². The number of rotatable bonds is 4. The third kappa shape index (κ3) is 3.75. The molecule has 1 aliphatic rings. The van der Waals surface area contributed by atoms with Crippen LogP contribution >= 0.6 is 0 Å². The Kier molecular flexibility index (Phi) is 4.90. The smallest absolute Gasteiger partial charge is 0.246 e. The van der Waals surface area contributed by atoms with Crippen LogP contribution in [-0.4, -0.2) is 28.1 Å². The second-order valence-corrected chi connectivity index (χ2v) is 6.98. The zero-order valence-electron chi connectivity index (χ0n) is 11.5. The standard InChI is InChI=1S/C13H17F3N2O2S/c1-8-2-3-17-6-9(8)7-18-21(19,20)13-11(15)4-10(14)5-12(13)16/h4-5,8-9,17-18H,2-3,6-7H2,1H3. The maximum Gasteiger partial charge on any atom is 0.246 e. The highest BCUT2D eigenvalue weighted by Crippen LogP contribution is 2.22. The Hall–Kier alpha value is -1.12. The van der Waals surface area contributed by atoms with Gasteiger partial charge < -0.3 is 5.32 Å². The van der Waals surface area contributed by atoms with Gasteiger partial charge in [-0.1, -0.05) is 6.92 Å². The normalized spacial score (nSPS) is 23.2. The molecule has 0 radical (unpaired) electrons. The number of halogens is 3. The van der Waals surface area contributed by atoms with Crippen LogP contribution in [0.3, 0.4) is 0 Å². The Balaban J connectivity index is 2.15. The topological polar surface area (TPSA) is 58.2 Å². The van der Waals surface area contributed by atoms with Gasteiger partial charge >= 0.3 is 0 Å². The Bertz CT molecular complexity index is 599. The molecular weight excluding hydrogens is 305 g/mol. The lowest BCUT2D eigenvalue weighted by Gasteiger charge is -2.29. The molecule has 0 spiro atoms. The number of benzene rings is 1. The van der Waals surface area contributed by atoms with Gasteiger partial charge in [-0.15, -0.1) is 0 Å². The summed E-state index contributed by atoms with van der Waals surface area (Å²) in [7, 11) is -4.36. The Morgan fingerprint density at radius 3 is 2.48 bits per heavy atom. The third-order valence-electron chi connectivity index (χ3n) is 3.76. The molecular formula is C13H17F3N2O2S. The molecule has 2 unspecified atom stereocenters. The summed E-state index contributed by atoms with van der Waals surface area (Å²) in [6.45, 7) is 3.58. The van der Waals surface area contributed by atoms with E-state index in [0.717, 1.165) is 13.0 Å². The summed E-state index contributed by atoms with van der Waals surface area (Å²) in [6.07, 6.45) is 0.908. The molecule has 4 nitrogen and oxygen atoms in total. The molecule has 1 fully saturated rings. The molecule has 1 saturated heterocycles. The van der Waals surface area contributed by atoms with Crippen molar-refractivity contribution in [2.45, 2.75) is 18.2 Å². The van der Waals surface area contributed by atoms with Gasteiger partial charge in [0.2, 0.25) is 10.0 Å². The molecule has 21 heavy (non-hydrogen) atoms. The summed E-state index contributed by atoms with van der Waals surface area (Å²) in [5.41, 5.74) is 0. The minimum Gasteiger partial charge on any atom is -0.316 e. The van der Waals surface area contributed by atoms with Crippen LogP contribution in [-0.2, 0) is 10.0 Å². The van der Waals surface area contributed by atoms with E-state index in [0.29, 0.717) is 24.6 Å². The van der Waals surface area contributed by atoms with Gasteiger partial charge in [-0.2, -0.15) is 0 Å². The Morgan fingerprint density at radius 1 is 1.29 bits per heavy atom. The second-order valence-electron chi connectivity index (χ2n) is 5.28. The predicted octanol–water partition coefficient (Wildman–Crippen LogP) is 1.63. The van der Waals surface area contributed by atoms with Crippen molar-refractivity contribution in [1.29, 1.82) is 0 Å². The third-order valence-corrected chi connectivity index (χ3v) is 5.23. The maximum atomic E-state index is 13.5. The lowest BCUT2D eigenvalue weighted by atomic mass is 9.88. The molecule has 1 aromatic rings. The number of piperidine rings is 1. The first-order valence-corrected chi connectivity index (χ1v) is 8.14. The van der Waals surface area contributed by atoms with Crippen LogP contribution < -0.4 is 10.0 Å². The summed E-state index contributed by atoms with van der Waals surface area (Å²) in [5.74, 6) is -3.68. The van der Waals surface area contributed by atoms with Crippen molar-refractivity contribution in [2.24, 2.45) is 11.8 Å². The van der Waals surface area contributed by atoms with Crippen molar-refractivity contribution in [2.75, 3.05) is 19.6 Å². The molecule has 2 N–H and O–H groups in total. The van der Waals surface area contributed by atoms with Crippen molar-refractivity contribution < 1.29 is 21.6 Å². The first kappa shape index (κ1) is 16.3. The molecule has 0 amide bonds. The van der Waals surface area contributed by atoms with Gasteiger partial charge in [0, 0.05) is 18.7 Å². The predicted molar refractivity (Wildman–Crippen MR) is 71.6 cm³/mol. The van der Waals surface area contributed by atoms with Gasteiger partial charge in [-0.3, -0.25) is 0 Å². The molecule has 1 aromatic carbocycles. The van der Waals surface area contributed by atoms with Crippen molar-refractivity contribution in [3.05, 3.63) is 29.6 Å². The highest BCUT2D eigenvalue weighted by molar-refractivity contribution is 7.89. The summed E-state index contributed by atoms with van der Waals surface area (Å²) in [4.78, 5) is -1.14. The van der Waals surface area contributed by atoms with Crippen LogP contribution in [0.15, 0.2) is 17.0 Å². The van der Waals surface area contributed by atoms with E-state index in [-0.39, 0.29) is 12.5 Å². The van der Waals surface area contributed by atoms with E-state index >= 15 is 0 Å². The van der Waals surface area contributed by atoms with Crippen molar-refractivity contribution in [1.82, 2.24) is 10.0 Å². The summed E-state index contributed by atoms with van der Waals surface area (Å²) < 4.78 is 66.1. The van der Waals surface area contributed by atoms with E-state index in [1.807, 2.05) is 6.92 Å². The minimum absolute atomic E-state index is 0.0418. The number of hydrogen-bond donors (Lipinski definition) is 2. The van der Waals surface area contributed by atoms with Crippen molar-refractivity contribution in [3.63, 3.8) is 0 Å². The maximum absolute atomic E-state index is 13.5. The highest BCUT2D eigenvalue weighted by atomic mass is 32.2. The van der Waals surface area contributed by atoms with Gasteiger partial charge in [0.05, 0.1) is 0 Å². The molecule has 1 heterocycles. The van der Waals surface area contributed by atoms with E-state index in [4.69, 9.17) is 0 Å².